The normalized spacial score (nSPS) is 18.5. The van der Waals surface area contributed by atoms with Gasteiger partial charge in [-0.3, -0.25) is 9.79 Å². The Hall–Kier alpha value is -2.83. The molecular formula is C17H18N4O3. The van der Waals surface area contributed by atoms with Gasteiger partial charge in [0.1, 0.15) is 0 Å². The lowest BCUT2D eigenvalue weighted by Crippen LogP contribution is -2.45. The van der Waals surface area contributed by atoms with Gasteiger partial charge in [0.2, 0.25) is 0 Å². The number of aliphatic imine (C=N–C) groups is 1. The van der Waals surface area contributed by atoms with Crippen LogP contribution >= 0.6 is 0 Å². The first-order valence-corrected chi connectivity index (χ1v) is 7.72. The average molecular weight is 326 g/mol. The molecule has 0 N–H and O–H groups in total. The van der Waals surface area contributed by atoms with E-state index in [1.807, 2.05) is 22.7 Å². The molecule has 0 unspecified atom stereocenters. The second-order valence-corrected chi connectivity index (χ2v) is 5.96. The number of benzene rings is 1. The van der Waals surface area contributed by atoms with Crippen molar-refractivity contribution in [1.29, 1.82) is 0 Å². The molecule has 0 fully saturated rings. The maximum atomic E-state index is 13.1. The standard InChI is InChI=1S/C17H18N4O3/c1-20-9-19-13-4-10-7-18-12-6-16(24-3)15(23-2)5-11(12)17(22)21(10)8-14(13)20/h5-7,9-10H,4,8H2,1-3H3/t10-/m0/s1. The average Bonchev–Trinajstić information content (AvgIpc) is 2.91. The predicted molar refractivity (Wildman–Crippen MR) is 88.3 cm³/mol. The van der Waals surface area contributed by atoms with Gasteiger partial charge in [0.15, 0.2) is 11.5 Å². The van der Waals surface area contributed by atoms with Crippen molar-refractivity contribution in [2.45, 2.75) is 19.0 Å². The summed E-state index contributed by atoms with van der Waals surface area (Å²) in [5, 5.41) is 0. The van der Waals surface area contributed by atoms with Gasteiger partial charge >= 0.3 is 0 Å². The van der Waals surface area contributed by atoms with Crippen molar-refractivity contribution in [2.24, 2.45) is 12.0 Å². The molecule has 2 aliphatic heterocycles. The Kier molecular flexibility index (Phi) is 3.30. The summed E-state index contributed by atoms with van der Waals surface area (Å²) >= 11 is 0. The van der Waals surface area contributed by atoms with Crippen LogP contribution in [0.5, 0.6) is 11.5 Å². The first-order valence-electron chi connectivity index (χ1n) is 7.72. The number of carbonyl (C=O) groups is 1. The summed E-state index contributed by atoms with van der Waals surface area (Å²) in [6, 6.07) is 3.35. The quantitative estimate of drug-likeness (QED) is 0.843. The molecule has 0 bridgehead atoms. The monoisotopic (exact) mass is 326 g/mol. The van der Waals surface area contributed by atoms with Gasteiger partial charge < -0.3 is 18.9 Å². The van der Waals surface area contributed by atoms with Gasteiger partial charge in [0.05, 0.1) is 55.8 Å². The largest absolute Gasteiger partial charge is 0.493 e. The van der Waals surface area contributed by atoms with E-state index in [2.05, 4.69) is 9.98 Å². The maximum Gasteiger partial charge on any atom is 0.257 e. The van der Waals surface area contributed by atoms with E-state index < -0.39 is 0 Å². The molecule has 7 heteroatoms. The molecule has 124 valence electrons. The van der Waals surface area contributed by atoms with Gasteiger partial charge in [-0.15, -0.1) is 0 Å². The molecule has 2 aliphatic rings. The molecule has 0 radical (unpaired) electrons. The molecule has 24 heavy (non-hydrogen) atoms. The summed E-state index contributed by atoms with van der Waals surface area (Å²) in [5.74, 6) is 1.03. The number of amides is 1. The van der Waals surface area contributed by atoms with Crippen LogP contribution in [-0.4, -0.2) is 46.8 Å². The second kappa shape index (κ2) is 5.36. The van der Waals surface area contributed by atoms with Gasteiger partial charge in [0, 0.05) is 25.7 Å². The summed E-state index contributed by atoms with van der Waals surface area (Å²) < 4.78 is 12.6. The molecule has 3 heterocycles. The van der Waals surface area contributed by atoms with Crippen LogP contribution in [0.3, 0.4) is 0 Å². The fraction of sp³-hybridized carbons (Fsp3) is 0.353. The molecular weight excluding hydrogens is 308 g/mol. The molecule has 7 nitrogen and oxygen atoms in total. The lowest BCUT2D eigenvalue weighted by Gasteiger charge is -2.32. The minimum Gasteiger partial charge on any atom is -0.493 e. The third-order valence-corrected chi connectivity index (χ3v) is 4.65. The Labute approximate surface area is 139 Å². The Bertz CT molecular complexity index is 856. The van der Waals surface area contributed by atoms with Crippen molar-refractivity contribution >= 4 is 17.8 Å². The fourth-order valence-corrected chi connectivity index (χ4v) is 3.29. The highest BCUT2D eigenvalue weighted by molar-refractivity contribution is 6.03. The molecule has 1 atom stereocenters. The Balaban J connectivity index is 1.80. The third kappa shape index (κ3) is 2.08. The van der Waals surface area contributed by atoms with Crippen LogP contribution < -0.4 is 9.47 Å². The van der Waals surface area contributed by atoms with E-state index in [1.165, 1.54) is 0 Å². The highest BCUT2D eigenvalue weighted by Crippen LogP contribution is 2.37. The zero-order valence-corrected chi connectivity index (χ0v) is 13.8. The Morgan fingerprint density at radius 3 is 2.71 bits per heavy atom. The number of ether oxygens (including phenoxy) is 2. The van der Waals surface area contributed by atoms with E-state index in [-0.39, 0.29) is 11.9 Å². The van der Waals surface area contributed by atoms with Crippen LogP contribution in [0.15, 0.2) is 23.5 Å². The van der Waals surface area contributed by atoms with Crippen LogP contribution in [0.2, 0.25) is 0 Å². The molecule has 4 rings (SSSR count). The van der Waals surface area contributed by atoms with Gasteiger partial charge in [-0.05, 0) is 6.07 Å². The summed E-state index contributed by atoms with van der Waals surface area (Å²) in [6.07, 6.45) is 4.29. The Morgan fingerprint density at radius 1 is 1.21 bits per heavy atom. The number of methoxy groups -OCH3 is 2. The lowest BCUT2D eigenvalue weighted by molar-refractivity contribution is 0.0698. The van der Waals surface area contributed by atoms with E-state index in [0.717, 1.165) is 11.4 Å². The van der Waals surface area contributed by atoms with Gasteiger partial charge in [-0.1, -0.05) is 0 Å². The number of aryl methyl sites for hydroxylation is 1. The first kappa shape index (κ1) is 14.7. The van der Waals surface area contributed by atoms with E-state index in [9.17, 15) is 4.79 Å². The number of hydrogen-bond acceptors (Lipinski definition) is 5. The number of fused-ring (bicyclic) bond motifs is 3. The van der Waals surface area contributed by atoms with Crippen LogP contribution in [0.25, 0.3) is 0 Å². The predicted octanol–water partition coefficient (Wildman–Crippen LogP) is 1.72. The molecule has 0 spiro atoms. The van der Waals surface area contributed by atoms with Crippen LogP contribution in [0, 0.1) is 0 Å². The maximum absolute atomic E-state index is 13.1. The number of hydrogen-bond donors (Lipinski definition) is 0. The van der Waals surface area contributed by atoms with Crippen molar-refractivity contribution < 1.29 is 14.3 Å². The van der Waals surface area contributed by atoms with Crippen LogP contribution in [0.4, 0.5) is 5.69 Å². The minimum atomic E-state index is -0.0933. The molecule has 0 aliphatic carbocycles. The first-order chi connectivity index (χ1) is 11.6. The molecule has 0 saturated carbocycles. The molecule has 1 amide bonds. The van der Waals surface area contributed by atoms with Crippen molar-refractivity contribution in [3.05, 3.63) is 35.4 Å². The van der Waals surface area contributed by atoms with E-state index in [0.29, 0.717) is 35.7 Å². The highest BCUT2D eigenvalue weighted by Gasteiger charge is 2.34. The summed E-state index contributed by atoms with van der Waals surface area (Å²) in [5.41, 5.74) is 3.22. The summed E-state index contributed by atoms with van der Waals surface area (Å²) in [4.78, 5) is 23.9. The van der Waals surface area contributed by atoms with Gasteiger partial charge in [0.25, 0.3) is 5.91 Å². The smallest absolute Gasteiger partial charge is 0.257 e. The van der Waals surface area contributed by atoms with Crippen LogP contribution in [-0.2, 0) is 20.0 Å². The zero-order chi connectivity index (χ0) is 16.8. The summed E-state index contributed by atoms with van der Waals surface area (Å²) in [7, 11) is 5.07. The SMILES string of the molecule is COc1cc2c(cc1OC)C(=O)N1Cc3c(ncn3C)C[C@H]1C=N2. The molecule has 1 aromatic carbocycles. The highest BCUT2D eigenvalue weighted by atomic mass is 16.5. The van der Waals surface area contributed by atoms with E-state index >= 15 is 0 Å². The Morgan fingerprint density at radius 2 is 1.96 bits per heavy atom. The number of aromatic nitrogens is 2. The zero-order valence-electron chi connectivity index (χ0n) is 13.8. The van der Waals surface area contributed by atoms with Crippen molar-refractivity contribution in [2.75, 3.05) is 14.2 Å². The van der Waals surface area contributed by atoms with E-state index in [4.69, 9.17) is 9.47 Å². The van der Waals surface area contributed by atoms with Crippen molar-refractivity contribution in [3.63, 3.8) is 0 Å². The molecule has 1 aromatic heterocycles. The minimum absolute atomic E-state index is 0.0553. The number of nitrogens with zero attached hydrogens (tertiary/aromatic N) is 4. The fourth-order valence-electron chi connectivity index (χ4n) is 3.29. The topological polar surface area (TPSA) is 69.0 Å². The second-order valence-electron chi connectivity index (χ2n) is 5.96. The third-order valence-electron chi connectivity index (χ3n) is 4.65. The lowest BCUT2D eigenvalue weighted by atomic mass is 10.0. The van der Waals surface area contributed by atoms with Gasteiger partial charge in [-0.25, -0.2) is 4.98 Å². The number of rotatable bonds is 2. The molecule has 0 saturated heterocycles. The number of imidazole rings is 1. The van der Waals surface area contributed by atoms with Crippen LogP contribution in [0.1, 0.15) is 21.7 Å². The van der Waals surface area contributed by atoms with E-state index in [1.54, 1.807) is 32.7 Å². The number of carbonyl (C=O) groups excluding carboxylic acids is 1. The van der Waals surface area contributed by atoms with Crippen molar-refractivity contribution in [1.82, 2.24) is 14.5 Å². The molecule has 2 aromatic rings. The van der Waals surface area contributed by atoms with Gasteiger partial charge in [-0.2, -0.15) is 0 Å². The van der Waals surface area contributed by atoms with Crippen molar-refractivity contribution in [3.8, 4) is 11.5 Å². The summed E-state index contributed by atoms with van der Waals surface area (Å²) in [6.45, 7) is 0.523.